The van der Waals surface area contributed by atoms with Crippen LogP contribution in [0.5, 0.6) is 0 Å². The van der Waals surface area contributed by atoms with E-state index in [2.05, 4.69) is 37.3 Å². The maximum absolute atomic E-state index is 12.6. The first-order valence-electron chi connectivity index (χ1n) is 10.7. The summed E-state index contributed by atoms with van der Waals surface area (Å²) in [6.07, 6.45) is 8.83. The van der Waals surface area contributed by atoms with Gasteiger partial charge in [-0.2, -0.15) is 5.10 Å². The van der Waals surface area contributed by atoms with Gasteiger partial charge in [0.15, 0.2) is 5.16 Å². The molecule has 2 aromatic heterocycles. The fraction of sp³-hybridized carbons (Fsp3) is 0.455. The Morgan fingerprint density at radius 2 is 1.87 bits per heavy atom. The molecule has 2 heterocycles. The summed E-state index contributed by atoms with van der Waals surface area (Å²) in [5.74, 6) is 2.60. The van der Waals surface area contributed by atoms with E-state index in [4.69, 9.17) is 0 Å². The van der Waals surface area contributed by atoms with Crippen molar-refractivity contribution in [2.45, 2.75) is 62.2 Å². The summed E-state index contributed by atoms with van der Waals surface area (Å²) >= 11 is 1.45. The fourth-order valence-corrected chi connectivity index (χ4v) is 4.87. The van der Waals surface area contributed by atoms with E-state index in [1.165, 1.54) is 43.0 Å². The molecule has 0 spiro atoms. The molecule has 1 N–H and O–H groups in total. The predicted molar refractivity (Wildman–Crippen MR) is 117 cm³/mol. The van der Waals surface area contributed by atoms with Crippen molar-refractivity contribution in [3.8, 4) is 0 Å². The smallest absolute Gasteiger partial charge is 0.235 e. The molecule has 0 aliphatic heterocycles. The number of hydrogen-bond acceptors (Lipinski definition) is 5. The minimum Gasteiger partial charge on any atom is -0.310 e. The van der Waals surface area contributed by atoms with Gasteiger partial charge in [0.1, 0.15) is 11.6 Å². The number of anilines is 1. The molecule has 2 saturated carbocycles. The number of nitrogens with one attached hydrogen (secondary N) is 1. The zero-order valence-corrected chi connectivity index (χ0v) is 17.7. The van der Waals surface area contributed by atoms with E-state index in [1.54, 1.807) is 6.20 Å². The molecule has 0 radical (unpaired) electrons. The van der Waals surface area contributed by atoms with Crippen molar-refractivity contribution in [3.63, 3.8) is 0 Å². The molecule has 7 nitrogen and oxygen atoms in total. The quantitative estimate of drug-likeness (QED) is 0.549. The second kappa shape index (κ2) is 8.63. The van der Waals surface area contributed by atoms with Gasteiger partial charge in [-0.3, -0.25) is 4.79 Å². The Morgan fingerprint density at radius 1 is 1.07 bits per heavy atom. The lowest BCUT2D eigenvalue weighted by molar-refractivity contribution is -0.113. The van der Waals surface area contributed by atoms with Crippen LogP contribution in [0.2, 0.25) is 0 Å². The molecule has 0 bridgehead atoms. The number of carbonyl (C=O) groups is 1. The van der Waals surface area contributed by atoms with Crippen molar-refractivity contribution in [1.82, 2.24) is 24.5 Å². The Morgan fingerprint density at radius 3 is 2.63 bits per heavy atom. The molecule has 0 atom stereocenters. The molecule has 0 saturated heterocycles. The molecule has 30 heavy (non-hydrogen) atoms. The Kier molecular flexibility index (Phi) is 5.57. The lowest BCUT2D eigenvalue weighted by atomic mass is 10.2. The Labute approximate surface area is 180 Å². The third kappa shape index (κ3) is 4.28. The van der Waals surface area contributed by atoms with Gasteiger partial charge < -0.3 is 9.88 Å². The van der Waals surface area contributed by atoms with Crippen molar-refractivity contribution >= 4 is 23.5 Å². The highest BCUT2D eigenvalue weighted by Crippen LogP contribution is 2.40. The van der Waals surface area contributed by atoms with Crippen molar-refractivity contribution in [1.29, 1.82) is 0 Å². The summed E-state index contributed by atoms with van der Waals surface area (Å²) in [5, 5.41) is 17.1. The van der Waals surface area contributed by atoms with Gasteiger partial charge in [-0.15, -0.1) is 10.2 Å². The average molecular weight is 423 g/mol. The molecule has 2 aliphatic rings. The second-order valence-electron chi connectivity index (χ2n) is 8.12. The number of thioether (sulfide) groups is 1. The monoisotopic (exact) mass is 422 g/mol. The van der Waals surface area contributed by atoms with E-state index < -0.39 is 0 Å². The Hall–Kier alpha value is -2.61. The van der Waals surface area contributed by atoms with Crippen LogP contribution in [0.1, 0.15) is 61.9 Å². The third-order valence-corrected chi connectivity index (χ3v) is 6.78. The highest BCUT2D eigenvalue weighted by Gasteiger charge is 2.30. The van der Waals surface area contributed by atoms with Gasteiger partial charge in [-0.1, -0.05) is 54.9 Å². The van der Waals surface area contributed by atoms with E-state index in [0.29, 0.717) is 17.7 Å². The lowest BCUT2D eigenvalue weighted by Gasteiger charge is -2.14. The van der Waals surface area contributed by atoms with E-state index in [-0.39, 0.29) is 5.91 Å². The standard InChI is InChI=1S/C22H26N6OS/c29-20(24-19-12-13-23-28(19)18-8-4-5-9-18)15-30-22-26-25-21(17-10-11-17)27(22)14-16-6-2-1-3-7-16/h1-3,6-7,12-13,17-18H,4-5,8-11,14-15H2,(H,24,29). The van der Waals surface area contributed by atoms with Gasteiger partial charge in [0.2, 0.25) is 5.91 Å². The molecular formula is C22H26N6OS. The highest BCUT2D eigenvalue weighted by molar-refractivity contribution is 7.99. The Bertz CT molecular complexity index is 1000. The summed E-state index contributed by atoms with van der Waals surface area (Å²) in [6, 6.07) is 12.6. The zero-order chi connectivity index (χ0) is 20.3. The van der Waals surface area contributed by atoms with Crippen LogP contribution in [0.25, 0.3) is 0 Å². The van der Waals surface area contributed by atoms with Crippen LogP contribution in [0.4, 0.5) is 5.82 Å². The average Bonchev–Trinajstić information content (AvgIpc) is 3.14. The first-order valence-corrected chi connectivity index (χ1v) is 11.7. The second-order valence-corrected chi connectivity index (χ2v) is 9.07. The van der Waals surface area contributed by atoms with Crippen LogP contribution in [-0.2, 0) is 11.3 Å². The summed E-state index contributed by atoms with van der Waals surface area (Å²) < 4.78 is 4.15. The summed E-state index contributed by atoms with van der Waals surface area (Å²) in [6.45, 7) is 0.734. The van der Waals surface area contributed by atoms with Gasteiger partial charge >= 0.3 is 0 Å². The largest absolute Gasteiger partial charge is 0.310 e. The summed E-state index contributed by atoms with van der Waals surface area (Å²) in [4.78, 5) is 12.6. The number of hydrogen-bond donors (Lipinski definition) is 1. The third-order valence-electron chi connectivity index (χ3n) is 5.81. The highest BCUT2D eigenvalue weighted by atomic mass is 32.2. The van der Waals surface area contributed by atoms with Gasteiger partial charge in [0.05, 0.1) is 24.5 Å². The van der Waals surface area contributed by atoms with Gasteiger partial charge in [-0.05, 0) is 31.2 Å². The maximum Gasteiger partial charge on any atom is 0.235 e. The van der Waals surface area contributed by atoms with Crippen molar-refractivity contribution < 1.29 is 4.79 Å². The molecule has 2 fully saturated rings. The fourth-order valence-electron chi connectivity index (χ4n) is 4.13. The molecule has 3 aromatic rings. The number of amides is 1. The lowest BCUT2D eigenvalue weighted by Crippen LogP contribution is -2.19. The number of benzene rings is 1. The predicted octanol–water partition coefficient (Wildman–Crippen LogP) is 4.25. The van der Waals surface area contributed by atoms with Crippen LogP contribution in [-0.4, -0.2) is 36.2 Å². The minimum atomic E-state index is -0.0398. The minimum absolute atomic E-state index is 0.0398. The summed E-state index contributed by atoms with van der Waals surface area (Å²) in [5.41, 5.74) is 1.21. The van der Waals surface area contributed by atoms with Crippen LogP contribution < -0.4 is 5.32 Å². The number of carbonyl (C=O) groups excluding carboxylic acids is 1. The van der Waals surface area contributed by atoms with E-state index >= 15 is 0 Å². The van der Waals surface area contributed by atoms with Crippen LogP contribution in [0.15, 0.2) is 47.8 Å². The number of rotatable bonds is 8. The maximum atomic E-state index is 12.6. The first-order chi connectivity index (χ1) is 14.8. The molecule has 8 heteroatoms. The normalized spacial score (nSPS) is 16.8. The van der Waals surface area contributed by atoms with Crippen LogP contribution >= 0.6 is 11.8 Å². The molecule has 1 amide bonds. The first kappa shape index (κ1) is 19.4. The molecule has 156 valence electrons. The van der Waals surface area contributed by atoms with Crippen molar-refractivity contribution in [3.05, 3.63) is 54.0 Å². The molecular weight excluding hydrogens is 396 g/mol. The van der Waals surface area contributed by atoms with E-state index in [1.807, 2.05) is 28.9 Å². The molecule has 2 aliphatic carbocycles. The Balaban J connectivity index is 1.25. The van der Waals surface area contributed by atoms with E-state index in [9.17, 15) is 4.79 Å². The molecule has 1 aromatic carbocycles. The SMILES string of the molecule is O=C(CSc1nnc(C2CC2)n1Cc1ccccc1)Nc1ccnn1C1CCCC1. The van der Waals surface area contributed by atoms with E-state index in [0.717, 1.165) is 36.2 Å². The number of nitrogens with zero attached hydrogens (tertiary/aromatic N) is 5. The van der Waals surface area contributed by atoms with Crippen molar-refractivity contribution in [2.75, 3.05) is 11.1 Å². The van der Waals surface area contributed by atoms with Gasteiger partial charge in [-0.25, -0.2) is 4.68 Å². The molecule has 0 unspecified atom stereocenters. The topological polar surface area (TPSA) is 77.6 Å². The van der Waals surface area contributed by atoms with Crippen LogP contribution in [0.3, 0.4) is 0 Å². The molecule has 5 rings (SSSR count). The number of aromatic nitrogens is 5. The zero-order valence-electron chi connectivity index (χ0n) is 16.9. The van der Waals surface area contributed by atoms with Gasteiger partial charge in [0.25, 0.3) is 0 Å². The van der Waals surface area contributed by atoms with Crippen LogP contribution in [0, 0.1) is 0 Å². The summed E-state index contributed by atoms with van der Waals surface area (Å²) in [7, 11) is 0. The van der Waals surface area contributed by atoms with Crippen molar-refractivity contribution in [2.24, 2.45) is 0 Å². The van der Waals surface area contributed by atoms with Gasteiger partial charge in [0, 0.05) is 12.0 Å².